The summed E-state index contributed by atoms with van der Waals surface area (Å²) >= 11 is 0. The van der Waals surface area contributed by atoms with Crippen molar-refractivity contribution < 1.29 is 17.9 Å². The number of guanidine groups is 1. The number of ether oxygens (including phenoxy) is 1. The van der Waals surface area contributed by atoms with Gasteiger partial charge in [-0.05, 0) is 29.8 Å². The van der Waals surface area contributed by atoms with Gasteiger partial charge in [-0.25, -0.2) is 0 Å². The first kappa shape index (κ1) is 25.3. The third kappa shape index (κ3) is 7.62. The largest absolute Gasteiger partial charge is 0.416 e. The summed E-state index contributed by atoms with van der Waals surface area (Å²) in [7, 11) is 1.68. The minimum absolute atomic E-state index is 0. The highest BCUT2D eigenvalue weighted by molar-refractivity contribution is 14.0. The van der Waals surface area contributed by atoms with Gasteiger partial charge in [0.25, 0.3) is 0 Å². The van der Waals surface area contributed by atoms with Crippen LogP contribution in [0.1, 0.15) is 22.9 Å². The van der Waals surface area contributed by atoms with Gasteiger partial charge < -0.3 is 15.4 Å². The highest BCUT2D eigenvalue weighted by Gasteiger charge is 2.31. The molecule has 0 bridgehead atoms. The monoisotopic (exact) mass is 549 g/mol. The molecule has 2 heterocycles. The van der Waals surface area contributed by atoms with Crippen LogP contribution in [0.4, 0.5) is 13.2 Å². The van der Waals surface area contributed by atoms with Crippen LogP contribution in [0.3, 0.4) is 0 Å². The molecule has 1 saturated heterocycles. The van der Waals surface area contributed by atoms with Crippen molar-refractivity contribution in [3.8, 4) is 0 Å². The van der Waals surface area contributed by atoms with Crippen LogP contribution >= 0.6 is 24.0 Å². The molecule has 1 aromatic heterocycles. The number of hydrogen-bond acceptors (Lipinski definition) is 4. The zero-order valence-corrected chi connectivity index (χ0v) is 19.6. The van der Waals surface area contributed by atoms with E-state index in [0.29, 0.717) is 45.4 Å². The molecule has 0 spiro atoms. The molecular weight excluding hydrogens is 522 g/mol. The summed E-state index contributed by atoms with van der Waals surface area (Å²) in [6, 6.07) is 11.0. The van der Waals surface area contributed by atoms with Gasteiger partial charge >= 0.3 is 6.18 Å². The maximum Gasteiger partial charge on any atom is 0.416 e. The summed E-state index contributed by atoms with van der Waals surface area (Å²) in [6.07, 6.45) is -2.62. The fourth-order valence-corrected chi connectivity index (χ4v) is 3.33. The van der Waals surface area contributed by atoms with Crippen molar-refractivity contribution in [3.05, 3.63) is 65.5 Å². The lowest BCUT2D eigenvalue weighted by Gasteiger charge is -2.35. The minimum atomic E-state index is -4.34. The number of halogens is 4. The van der Waals surface area contributed by atoms with Crippen molar-refractivity contribution in [1.29, 1.82) is 0 Å². The molecule has 10 heteroatoms. The predicted molar refractivity (Wildman–Crippen MR) is 124 cm³/mol. The van der Waals surface area contributed by atoms with Crippen LogP contribution in [-0.4, -0.2) is 55.7 Å². The number of morpholine rings is 1. The molecule has 0 saturated carbocycles. The van der Waals surface area contributed by atoms with Crippen LogP contribution < -0.4 is 10.6 Å². The summed E-state index contributed by atoms with van der Waals surface area (Å²) in [4.78, 5) is 10.7. The Bertz CT molecular complexity index is 812. The number of hydrogen-bond donors (Lipinski definition) is 2. The van der Waals surface area contributed by atoms with E-state index in [1.54, 1.807) is 25.4 Å². The van der Waals surface area contributed by atoms with Gasteiger partial charge in [0.2, 0.25) is 0 Å². The van der Waals surface area contributed by atoms with E-state index >= 15 is 0 Å². The van der Waals surface area contributed by atoms with Gasteiger partial charge in [-0.15, -0.1) is 24.0 Å². The number of benzene rings is 1. The van der Waals surface area contributed by atoms with Gasteiger partial charge in [0.15, 0.2) is 5.96 Å². The first-order chi connectivity index (χ1) is 14.5. The molecule has 0 aliphatic carbocycles. The second kappa shape index (κ2) is 12.2. The number of alkyl halides is 3. The molecular formula is C21H27F3IN5O. The number of nitrogens with one attached hydrogen (secondary N) is 2. The van der Waals surface area contributed by atoms with Crippen molar-refractivity contribution in [2.75, 3.05) is 39.9 Å². The van der Waals surface area contributed by atoms with E-state index in [-0.39, 0.29) is 30.0 Å². The van der Waals surface area contributed by atoms with Crippen LogP contribution in [-0.2, 0) is 17.5 Å². The second-order valence-electron chi connectivity index (χ2n) is 6.91. The Morgan fingerprint density at radius 2 is 1.84 bits per heavy atom. The summed E-state index contributed by atoms with van der Waals surface area (Å²) in [5.74, 6) is 0.603. The van der Waals surface area contributed by atoms with Crippen molar-refractivity contribution in [3.63, 3.8) is 0 Å². The van der Waals surface area contributed by atoms with Crippen LogP contribution in [0.15, 0.2) is 53.7 Å². The topological polar surface area (TPSA) is 61.8 Å². The van der Waals surface area contributed by atoms with Gasteiger partial charge in [-0.3, -0.25) is 14.9 Å². The smallest absolute Gasteiger partial charge is 0.379 e. The Kier molecular flexibility index (Phi) is 9.97. The highest BCUT2D eigenvalue weighted by Crippen LogP contribution is 2.31. The fourth-order valence-electron chi connectivity index (χ4n) is 3.33. The molecule has 6 nitrogen and oxygen atoms in total. The average molecular weight is 549 g/mol. The number of aromatic nitrogens is 1. The maximum atomic E-state index is 12.9. The average Bonchev–Trinajstić information content (AvgIpc) is 2.77. The first-order valence-corrected chi connectivity index (χ1v) is 9.81. The van der Waals surface area contributed by atoms with E-state index in [0.717, 1.165) is 23.4 Å². The normalized spacial score (nSPS) is 16.3. The van der Waals surface area contributed by atoms with E-state index in [1.807, 2.05) is 18.2 Å². The number of rotatable bonds is 6. The molecule has 1 aromatic carbocycles. The van der Waals surface area contributed by atoms with E-state index in [1.165, 1.54) is 0 Å². The third-order valence-corrected chi connectivity index (χ3v) is 4.96. The number of nitrogens with zero attached hydrogens (tertiary/aromatic N) is 3. The Morgan fingerprint density at radius 1 is 1.13 bits per heavy atom. The highest BCUT2D eigenvalue weighted by atomic mass is 127. The minimum Gasteiger partial charge on any atom is -0.379 e. The van der Waals surface area contributed by atoms with Gasteiger partial charge in [-0.2, -0.15) is 13.2 Å². The predicted octanol–water partition coefficient (Wildman–Crippen LogP) is 3.46. The SMILES string of the molecule is CN=C(NCc1ccccn1)NCC(c1ccc(C(F)(F)F)cc1)N1CCOCC1.I. The van der Waals surface area contributed by atoms with Crippen LogP contribution in [0.2, 0.25) is 0 Å². The summed E-state index contributed by atoms with van der Waals surface area (Å²) in [5, 5.41) is 6.50. The molecule has 2 aromatic rings. The van der Waals surface area contributed by atoms with Crippen LogP contribution in [0.25, 0.3) is 0 Å². The van der Waals surface area contributed by atoms with Crippen molar-refractivity contribution in [2.24, 2.45) is 4.99 Å². The van der Waals surface area contributed by atoms with E-state index in [2.05, 4.69) is 25.5 Å². The maximum absolute atomic E-state index is 12.9. The Balaban J connectivity index is 0.00000341. The lowest BCUT2D eigenvalue weighted by molar-refractivity contribution is -0.137. The molecule has 1 fully saturated rings. The standard InChI is InChI=1S/C21H26F3N5O.HI/c1-25-20(27-14-18-4-2-3-9-26-18)28-15-19(29-10-12-30-13-11-29)16-5-7-17(8-6-16)21(22,23)24;/h2-9,19H,10-15H2,1H3,(H2,25,27,28);1H. The van der Waals surface area contributed by atoms with Gasteiger partial charge in [0.1, 0.15) is 0 Å². The van der Waals surface area contributed by atoms with E-state index < -0.39 is 11.7 Å². The zero-order chi connectivity index (χ0) is 21.4. The van der Waals surface area contributed by atoms with Gasteiger partial charge in [0.05, 0.1) is 37.1 Å². The number of aliphatic imine (C=N–C) groups is 1. The fraction of sp³-hybridized carbons (Fsp3) is 0.429. The molecule has 2 N–H and O–H groups in total. The lowest BCUT2D eigenvalue weighted by atomic mass is 10.0. The molecule has 0 radical (unpaired) electrons. The second-order valence-corrected chi connectivity index (χ2v) is 6.91. The first-order valence-electron chi connectivity index (χ1n) is 9.81. The molecule has 170 valence electrons. The van der Waals surface area contributed by atoms with Crippen LogP contribution in [0.5, 0.6) is 0 Å². The summed E-state index contributed by atoms with van der Waals surface area (Å²) < 4.78 is 44.2. The van der Waals surface area contributed by atoms with E-state index in [9.17, 15) is 13.2 Å². The van der Waals surface area contributed by atoms with E-state index in [4.69, 9.17) is 4.74 Å². The van der Waals surface area contributed by atoms with Crippen molar-refractivity contribution in [1.82, 2.24) is 20.5 Å². The molecule has 31 heavy (non-hydrogen) atoms. The quantitative estimate of drug-likeness (QED) is 0.329. The van der Waals surface area contributed by atoms with Gasteiger partial charge in [-0.1, -0.05) is 18.2 Å². The molecule has 1 atom stereocenters. The molecule has 3 rings (SSSR count). The number of pyridine rings is 1. The third-order valence-electron chi connectivity index (χ3n) is 4.96. The van der Waals surface area contributed by atoms with Gasteiger partial charge in [0, 0.05) is 32.9 Å². The molecule has 1 unspecified atom stereocenters. The zero-order valence-electron chi connectivity index (χ0n) is 17.2. The Morgan fingerprint density at radius 3 is 2.42 bits per heavy atom. The molecule has 0 amide bonds. The Hall–Kier alpha value is -1.92. The van der Waals surface area contributed by atoms with Crippen molar-refractivity contribution in [2.45, 2.75) is 18.8 Å². The Labute approximate surface area is 197 Å². The molecule has 1 aliphatic heterocycles. The summed E-state index contributed by atoms with van der Waals surface area (Å²) in [6.45, 7) is 3.64. The molecule has 1 aliphatic rings. The summed E-state index contributed by atoms with van der Waals surface area (Å²) in [5.41, 5.74) is 1.05. The van der Waals surface area contributed by atoms with Crippen LogP contribution in [0, 0.1) is 0 Å². The van der Waals surface area contributed by atoms with Crippen molar-refractivity contribution >= 4 is 29.9 Å². The lowest BCUT2D eigenvalue weighted by Crippen LogP contribution is -2.46.